The van der Waals surface area contributed by atoms with Crippen molar-refractivity contribution in [2.24, 2.45) is 0 Å². The molecule has 1 aromatic heterocycles. The van der Waals surface area contributed by atoms with Gasteiger partial charge in [0.2, 0.25) is 15.9 Å². The summed E-state index contributed by atoms with van der Waals surface area (Å²) in [5.41, 5.74) is 1.30. The quantitative estimate of drug-likeness (QED) is 0.585. The predicted octanol–water partition coefficient (Wildman–Crippen LogP) is 4.66. The number of nitrogens with zero attached hydrogens (tertiary/aromatic N) is 1. The Morgan fingerprint density at radius 2 is 1.97 bits per heavy atom. The molecule has 1 saturated carbocycles. The summed E-state index contributed by atoms with van der Waals surface area (Å²) < 4.78 is 67.8. The van der Waals surface area contributed by atoms with E-state index >= 15 is 0 Å². The highest BCUT2D eigenvalue weighted by atomic mass is 32.2. The number of hydrogen-bond donors (Lipinski definition) is 1. The Kier molecular flexibility index (Phi) is 5.29. The molecule has 3 aromatic rings. The number of rotatable bonds is 2. The minimum atomic E-state index is -3.37. The molecule has 4 bridgehead atoms. The van der Waals surface area contributed by atoms with E-state index in [1.807, 2.05) is 0 Å². The number of oxazole rings is 1. The number of ether oxygens (including phenoxy) is 1. The highest BCUT2D eigenvalue weighted by Crippen LogP contribution is 2.46. The molecule has 1 N–H and O–H groups in total. The summed E-state index contributed by atoms with van der Waals surface area (Å²) in [6, 6.07) is 8.92. The lowest BCUT2D eigenvalue weighted by Crippen LogP contribution is -2.35. The normalized spacial score (nSPS) is 24.6. The molecule has 1 spiro atoms. The second-order valence-corrected chi connectivity index (χ2v) is 10.8. The standard InChI is InChI=1S/C24H24F2N2O4S/c1-14-21-13-31-23(27-21)24(9-8-16(12-24)28-33(2,29)30)11-15-6-7-19(25)18(10-15)17-4-3-5-20(26)22(17)32-14/h3-7,10,13-14,16,28H,8-9,11-12H2,1-2H3/t14-,16+,24-/m1/s1. The van der Waals surface area contributed by atoms with Crippen LogP contribution >= 0.6 is 0 Å². The fourth-order valence-electron chi connectivity index (χ4n) is 5.03. The number of halogens is 2. The fourth-order valence-corrected chi connectivity index (χ4v) is 5.84. The summed E-state index contributed by atoms with van der Waals surface area (Å²) >= 11 is 0. The highest BCUT2D eigenvalue weighted by molar-refractivity contribution is 7.88. The van der Waals surface area contributed by atoms with Crippen molar-refractivity contribution in [3.05, 3.63) is 71.4 Å². The van der Waals surface area contributed by atoms with Crippen LogP contribution in [0.3, 0.4) is 0 Å². The number of fused-ring (bicyclic) bond motifs is 7. The van der Waals surface area contributed by atoms with Crippen molar-refractivity contribution in [3.8, 4) is 16.9 Å². The first-order valence-corrected chi connectivity index (χ1v) is 12.7. The van der Waals surface area contributed by atoms with Crippen LogP contribution in [-0.4, -0.2) is 25.7 Å². The number of benzene rings is 2. The van der Waals surface area contributed by atoms with Gasteiger partial charge in [0.15, 0.2) is 11.6 Å². The molecule has 5 rings (SSSR count). The Morgan fingerprint density at radius 1 is 1.15 bits per heavy atom. The largest absolute Gasteiger partial charge is 0.481 e. The van der Waals surface area contributed by atoms with Gasteiger partial charge in [-0.1, -0.05) is 18.2 Å². The maximum absolute atomic E-state index is 14.9. The topological polar surface area (TPSA) is 81.4 Å². The minimum Gasteiger partial charge on any atom is -0.481 e. The third-order valence-electron chi connectivity index (χ3n) is 6.51. The number of nitrogens with one attached hydrogen (secondary N) is 1. The van der Waals surface area contributed by atoms with Crippen LogP contribution in [0.5, 0.6) is 5.75 Å². The monoisotopic (exact) mass is 474 g/mol. The molecule has 1 aliphatic heterocycles. The van der Waals surface area contributed by atoms with Crippen LogP contribution < -0.4 is 9.46 Å². The number of para-hydroxylation sites is 1. The van der Waals surface area contributed by atoms with E-state index in [0.717, 1.165) is 11.8 Å². The minimum absolute atomic E-state index is 0.0424. The Bertz CT molecular complexity index is 1320. The predicted molar refractivity (Wildman–Crippen MR) is 118 cm³/mol. The molecule has 3 atom stereocenters. The van der Waals surface area contributed by atoms with Crippen LogP contribution in [0.2, 0.25) is 0 Å². The first kappa shape index (κ1) is 22.0. The van der Waals surface area contributed by atoms with Crippen molar-refractivity contribution in [2.75, 3.05) is 6.26 Å². The van der Waals surface area contributed by atoms with Crippen LogP contribution in [0, 0.1) is 11.6 Å². The van der Waals surface area contributed by atoms with Crippen LogP contribution in [0.25, 0.3) is 11.1 Å². The van der Waals surface area contributed by atoms with Crippen LogP contribution in [0.1, 0.15) is 49.4 Å². The van der Waals surface area contributed by atoms with Gasteiger partial charge in [-0.25, -0.2) is 26.9 Å². The third kappa shape index (κ3) is 4.15. The summed E-state index contributed by atoms with van der Waals surface area (Å²) in [5, 5.41) is 0. The van der Waals surface area contributed by atoms with Crippen LogP contribution in [-0.2, 0) is 21.9 Å². The molecule has 2 aromatic carbocycles. The second kappa shape index (κ2) is 7.92. The Labute approximate surface area is 191 Å². The van der Waals surface area contributed by atoms with E-state index in [2.05, 4.69) is 9.71 Å². The average molecular weight is 475 g/mol. The molecule has 174 valence electrons. The SMILES string of the molecule is C[C@H]1Oc2c(F)cccc2-c2cc(ccc2F)C[C@@]2(CC[C@H](NS(C)(=O)=O)C2)c2nc1co2. The zero-order chi connectivity index (χ0) is 23.4. The summed E-state index contributed by atoms with van der Waals surface area (Å²) in [7, 11) is -3.37. The molecule has 6 nitrogen and oxygen atoms in total. The lowest BCUT2D eigenvalue weighted by Gasteiger charge is -2.27. The Morgan fingerprint density at radius 3 is 2.76 bits per heavy atom. The molecular formula is C24H24F2N2O4S. The van der Waals surface area contributed by atoms with Crippen molar-refractivity contribution in [2.45, 2.75) is 50.2 Å². The highest BCUT2D eigenvalue weighted by Gasteiger charge is 2.45. The molecule has 1 aliphatic carbocycles. The summed E-state index contributed by atoms with van der Waals surface area (Å²) in [6.07, 6.45) is 4.23. The van der Waals surface area contributed by atoms with Crippen LogP contribution in [0.4, 0.5) is 8.78 Å². The summed E-state index contributed by atoms with van der Waals surface area (Å²) in [5.74, 6) is -0.635. The molecule has 0 amide bonds. The van der Waals surface area contributed by atoms with Gasteiger partial charge in [-0.2, -0.15) is 0 Å². The number of aromatic nitrogens is 1. The maximum Gasteiger partial charge on any atom is 0.208 e. The van der Waals surface area contributed by atoms with Gasteiger partial charge in [0, 0.05) is 17.2 Å². The van der Waals surface area contributed by atoms with E-state index in [9.17, 15) is 17.2 Å². The smallest absolute Gasteiger partial charge is 0.208 e. The van der Waals surface area contributed by atoms with Crippen molar-refractivity contribution in [1.29, 1.82) is 0 Å². The van der Waals surface area contributed by atoms with Crippen molar-refractivity contribution >= 4 is 10.0 Å². The van der Waals surface area contributed by atoms with Crippen molar-refractivity contribution in [3.63, 3.8) is 0 Å². The van der Waals surface area contributed by atoms with Crippen molar-refractivity contribution in [1.82, 2.24) is 9.71 Å². The maximum atomic E-state index is 14.9. The van der Waals surface area contributed by atoms with Gasteiger partial charge in [0.05, 0.1) is 11.7 Å². The van der Waals surface area contributed by atoms with Gasteiger partial charge in [-0.3, -0.25) is 0 Å². The van der Waals surface area contributed by atoms with E-state index < -0.39 is 33.2 Å². The first-order valence-electron chi connectivity index (χ1n) is 10.8. The van der Waals surface area contributed by atoms with E-state index in [1.165, 1.54) is 24.5 Å². The fraction of sp³-hybridized carbons (Fsp3) is 0.375. The summed E-state index contributed by atoms with van der Waals surface area (Å²) in [4.78, 5) is 4.69. The summed E-state index contributed by atoms with van der Waals surface area (Å²) in [6.45, 7) is 1.73. The Balaban J connectivity index is 1.66. The van der Waals surface area contributed by atoms with Gasteiger partial charge in [0.1, 0.15) is 23.9 Å². The Hall–Kier alpha value is -2.78. The first-order chi connectivity index (χ1) is 15.6. The average Bonchev–Trinajstić information content (AvgIpc) is 3.38. The molecule has 1 fully saturated rings. The number of sulfonamides is 1. The molecule has 33 heavy (non-hydrogen) atoms. The molecular weight excluding hydrogens is 450 g/mol. The van der Waals surface area contributed by atoms with E-state index in [1.54, 1.807) is 25.1 Å². The van der Waals surface area contributed by atoms with Gasteiger partial charge in [-0.05, 0) is 56.4 Å². The molecule has 0 unspecified atom stereocenters. The molecule has 2 heterocycles. The van der Waals surface area contributed by atoms with E-state index in [0.29, 0.717) is 42.8 Å². The number of hydrogen-bond acceptors (Lipinski definition) is 5. The second-order valence-electron chi connectivity index (χ2n) is 9.06. The zero-order valence-electron chi connectivity index (χ0n) is 18.3. The molecule has 0 saturated heterocycles. The van der Waals surface area contributed by atoms with Gasteiger partial charge in [-0.15, -0.1) is 0 Å². The molecule has 0 radical (unpaired) electrons. The van der Waals surface area contributed by atoms with Gasteiger partial charge in [0.25, 0.3) is 0 Å². The molecule has 9 heteroatoms. The lowest BCUT2D eigenvalue weighted by atomic mass is 9.79. The molecule has 2 aliphatic rings. The zero-order valence-corrected chi connectivity index (χ0v) is 19.1. The van der Waals surface area contributed by atoms with Crippen molar-refractivity contribution < 1.29 is 26.4 Å². The third-order valence-corrected chi connectivity index (χ3v) is 7.27. The van der Waals surface area contributed by atoms with Crippen LogP contribution in [0.15, 0.2) is 47.1 Å². The van der Waals surface area contributed by atoms with Gasteiger partial charge >= 0.3 is 0 Å². The lowest BCUT2D eigenvalue weighted by molar-refractivity contribution is 0.212. The van der Waals surface area contributed by atoms with E-state index in [4.69, 9.17) is 9.15 Å². The van der Waals surface area contributed by atoms with E-state index in [-0.39, 0.29) is 17.4 Å². The van der Waals surface area contributed by atoms with Gasteiger partial charge < -0.3 is 9.15 Å².